The summed E-state index contributed by atoms with van der Waals surface area (Å²) in [5, 5.41) is 11.5. The molecule has 96 valence electrons. The highest BCUT2D eigenvalue weighted by molar-refractivity contribution is 7.99. The zero-order valence-electron chi connectivity index (χ0n) is 10.4. The van der Waals surface area contributed by atoms with Crippen LogP contribution < -0.4 is 5.32 Å². The van der Waals surface area contributed by atoms with Crippen molar-refractivity contribution in [2.45, 2.75) is 39.2 Å². The van der Waals surface area contributed by atoms with Gasteiger partial charge in [-0.05, 0) is 43.2 Å². The van der Waals surface area contributed by atoms with Gasteiger partial charge in [0.15, 0.2) is 0 Å². The van der Waals surface area contributed by atoms with Crippen LogP contribution in [0.4, 0.5) is 0 Å². The molecule has 0 amide bonds. The van der Waals surface area contributed by atoms with E-state index in [1.807, 2.05) is 0 Å². The first-order valence-electron chi connectivity index (χ1n) is 6.48. The monoisotopic (exact) mass is 255 g/mol. The van der Waals surface area contributed by atoms with Gasteiger partial charge < -0.3 is 9.73 Å². The summed E-state index contributed by atoms with van der Waals surface area (Å²) in [5.74, 6) is 4.84. The Kier molecular flexibility index (Phi) is 5.32. The minimum atomic E-state index is 0.696. The average molecular weight is 255 g/mol. The van der Waals surface area contributed by atoms with Crippen molar-refractivity contribution < 1.29 is 4.42 Å². The molecule has 0 aromatic carbocycles. The number of thioether (sulfide) groups is 1. The molecule has 0 saturated carbocycles. The molecular formula is C12H21N3OS. The van der Waals surface area contributed by atoms with Gasteiger partial charge >= 0.3 is 0 Å². The molecule has 0 spiro atoms. The van der Waals surface area contributed by atoms with Crippen LogP contribution in [0.2, 0.25) is 0 Å². The summed E-state index contributed by atoms with van der Waals surface area (Å²) in [4.78, 5) is 0. The number of nitrogens with one attached hydrogen (secondary N) is 1. The second-order valence-electron chi connectivity index (χ2n) is 4.53. The van der Waals surface area contributed by atoms with Crippen LogP contribution in [0.5, 0.6) is 0 Å². The van der Waals surface area contributed by atoms with Gasteiger partial charge in [0.25, 0.3) is 0 Å². The predicted octanol–water partition coefficient (Wildman–Crippen LogP) is 2.25. The van der Waals surface area contributed by atoms with Gasteiger partial charge in [-0.15, -0.1) is 10.2 Å². The zero-order chi connectivity index (χ0) is 11.9. The van der Waals surface area contributed by atoms with Gasteiger partial charge in [-0.2, -0.15) is 11.8 Å². The van der Waals surface area contributed by atoms with E-state index in [1.54, 1.807) is 0 Å². The summed E-state index contributed by atoms with van der Waals surface area (Å²) < 4.78 is 5.64. The van der Waals surface area contributed by atoms with Gasteiger partial charge in [0.2, 0.25) is 11.8 Å². The van der Waals surface area contributed by atoms with Crippen LogP contribution in [0.3, 0.4) is 0 Å². The van der Waals surface area contributed by atoms with Crippen LogP contribution in [0.25, 0.3) is 0 Å². The molecule has 4 nitrogen and oxygen atoms in total. The maximum Gasteiger partial charge on any atom is 0.230 e. The fraction of sp³-hybridized carbons (Fsp3) is 0.833. The summed E-state index contributed by atoms with van der Waals surface area (Å²) in [7, 11) is 0. The van der Waals surface area contributed by atoms with E-state index in [0.29, 0.717) is 6.54 Å². The van der Waals surface area contributed by atoms with E-state index in [0.717, 1.165) is 37.1 Å². The quantitative estimate of drug-likeness (QED) is 0.790. The summed E-state index contributed by atoms with van der Waals surface area (Å²) in [6.07, 6.45) is 4.66. The molecule has 2 heterocycles. The second-order valence-corrected chi connectivity index (χ2v) is 5.75. The molecule has 0 aliphatic carbocycles. The van der Waals surface area contributed by atoms with Crippen molar-refractivity contribution >= 4 is 11.8 Å². The zero-order valence-corrected chi connectivity index (χ0v) is 11.3. The van der Waals surface area contributed by atoms with E-state index < -0.39 is 0 Å². The van der Waals surface area contributed by atoms with E-state index >= 15 is 0 Å². The van der Waals surface area contributed by atoms with Gasteiger partial charge in [-0.25, -0.2) is 0 Å². The summed E-state index contributed by atoms with van der Waals surface area (Å²) in [6.45, 7) is 3.84. The number of nitrogens with zero attached hydrogens (tertiary/aromatic N) is 2. The fourth-order valence-corrected chi connectivity index (χ4v) is 3.22. The third-order valence-corrected chi connectivity index (χ3v) is 4.06. The standard InChI is InChI=1S/C12H21N3OS/c1-2-5-13-9-12-15-14-11(16-12)8-10-3-6-17-7-4-10/h10,13H,2-9H2,1H3. The first-order chi connectivity index (χ1) is 8.38. The van der Waals surface area contributed by atoms with Gasteiger partial charge in [0.1, 0.15) is 0 Å². The molecule has 0 bridgehead atoms. The Bertz CT molecular complexity index is 323. The number of rotatable bonds is 6. The largest absolute Gasteiger partial charge is 0.424 e. The van der Waals surface area contributed by atoms with Crippen molar-refractivity contribution in [3.05, 3.63) is 11.8 Å². The molecule has 2 rings (SSSR count). The minimum absolute atomic E-state index is 0.696. The molecule has 1 aromatic rings. The van der Waals surface area contributed by atoms with Crippen molar-refractivity contribution in [2.75, 3.05) is 18.1 Å². The normalized spacial score (nSPS) is 17.5. The van der Waals surface area contributed by atoms with Crippen molar-refractivity contribution in [3.8, 4) is 0 Å². The number of hydrogen-bond acceptors (Lipinski definition) is 5. The van der Waals surface area contributed by atoms with Crippen LogP contribution in [-0.4, -0.2) is 28.2 Å². The lowest BCUT2D eigenvalue weighted by Gasteiger charge is -2.19. The van der Waals surface area contributed by atoms with E-state index in [2.05, 4.69) is 34.2 Å². The Balaban J connectivity index is 1.76. The molecule has 1 N–H and O–H groups in total. The molecule has 0 atom stereocenters. The smallest absolute Gasteiger partial charge is 0.230 e. The van der Waals surface area contributed by atoms with E-state index in [9.17, 15) is 0 Å². The lowest BCUT2D eigenvalue weighted by molar-refractivity contribution is 0.384. The van der Waals surface area contributed by atoms with Crippen molar-refractivity contribution in [2.24, 2.45) is 5.92 Å². The highest BCUT2D eigenvalue weighted by Gasteiger charge is 2.17. The van der Waals surface area contributed by atoms with Gasteiger partial charge in [0.05, 0.1) is 6.54 Å². The fourth-order valence-electron chi connectivity index (χ4n) is 2.01. The van der Waals surface area contributed by atoms with Crippen LogP contribution in [0.15, 0.2) is 4.42 Å². The Morgan fingerprint density at radius 1 is 1.29 bits per heavy atom. The topological polar surface area (TPSA) is 51.0 Å². The molecule has 1 aromatic heterocycles. The highest BCUT2D eigenvalue weighted by Crippen LogP contribution is 2.25. The first kappa shape index (κ1) is 12.9. The van der Waals surface area contributed by atoms with E-state index in [4.69, 9.17) is 4.42 Å². The van der Waals surface area contributed by atoms with Crippen molar-refractivity contribution in [1.29, 1.82) is 0 Å². The van der Waals surface area contributed by atoms with Gasteiger partial charge in [-0.1, -0.05) is 6.92 Å². The van der Waals surface area contributed by atoms with Crippen LogP contribution in [-0.2, 0) is 13.0 Å². The number of aromatic nitrogens is 2. The maximum atomic E-state index is 5.64. The molecule has 5 heteroatoms. The molecule has 1 saturated heterocycles. The summed E-state index contributed by atoms with van der Waals surface area (Å²) >= 11 is 2.05. The Hall–Kier alpha value is -0.550. The van der Waals surface area contributed by atoms with E-state index in [-0.39, 0.29) is 0 Å². The van der Waals surface area contributed by atoms with E-state index in [1.165, 1.54) is 24.3 Å². The minimum Gasteiger partial charge on any atom is -0.424 e. The molecule has 1 aliphatic heterocycles. The molecule has 17 heavy (non-hydrogen) atoms. The second kappa shape index (κ2) is 7.01. The lowest BCUT2D eigenvalue weighted by Crippen LogP contribution is -2.14. The highest BCUT2D eigenvalue weighted by atomic mass is 32.2. The van der Waals surface area contributed by atoms with Crippen molar-refractivity contribution in [3.63, 3.8) is 0 Å². The molecule has 1 aliphatic rings. The van der Waals surface area contributed by atoms with Gasteiger partial charge in [0, 0.05) is 6.42 Å². The van der Waals surface area contributed by atoms with Crippen LogP contribution in [0.1, 0.15) is 38.0 Å². The molecule has 1 fully saturated rings. The summed E-state index contributed by atoms with van der Waals surface area (Å²) in [5.41, 5.74) is 0. The molecule has 0 unspecified atom stereocenters. The molecular weight excluding hydrogens is 234 g/mol. The average Bonchev–Trinajstić information content (AvgIpc) is 2.79. The van der Waals surface area contributed by atoms with Crippen LogP contribution in [0, 0.1) is 5.92 Å². The Morgan fingerprint density at radius 3 is 2.82 bits per heavy atom. The van der Waals surface area contributed by atoms with Crippen molar-refractivity contribution in [1.82, 2.24) is 15.5 Å². The summed E-state index contributed by atoms with van der Waals surface area (Å²) in [6, 6.07) is 0. The third kappa shape index (κ3) is 4.32. The first-order valence-corrected chi connectivity index (χ1v) is 7.63. The lowest BCUT2D eigenvalue weighted by atomic mass is 9.99. The number of hydrogen-bond donors (Lipinski definition) is 1. The SMILES string of the molecule is CCCNCc1nnc(CC2CCSCC2)o1. The maximum absolute atomic E-state index is 5.64. The molecule has 0 radical (unpaired) electrons. The predicted molar refractivity (Wildman–Crippen MR) is 70.0 cm³/mol. The Morgan fingerprint density at radius 2 is 2.06 bits per heavy atom. The third-order valence-electron chi connectivity index (χ3n) is 3.02. The van der Waals surface area contributed by atoms with Crippen LogP contribution >= 0.6 is 11.8 Å². The Labute approximate surface area is 107 Å². The van der Waals surface area contributed by atoms with Gasteiger partial charge in [-0.3, -0.25) is 0 Å².